The Kier molecular flexibility index (Phi) is 7.64. The molecule has 0 aromatic heterocycles. The van der Waals surface area contributed by atoms with Gasteiger partial charge in [-0.1, -0.05) is 46.4 Å². The monoisotopic (exact) mass is 603 g/mol. The van der Waals surface area contributed by atoms with Crippen LogP contribution in [0.5, 0.6) is 0 Å². The van der Waals surface area contributed by atoms with Crippen molar-refractivity contribution in [1.82, 2.24) is 0 Å². The molecule has 2 atom stereocenters. The van der Waals surface area contributed by atoms with Gasteiger partial charge >= 0.3 is 0 Å². The molecule has 0 heterocycles. The van der Waals surface area contributed by atoms with Crippen molar-refractivity contribution in [1.29, 1.82) is 5.26 Å². The van der Waals surface area contributed by atoms with Gasteiger partial charge in [-0.3, -0.25) is 9.59 Å². The Morgan fingerprint density at radius 3 is 2.22 bits per heavy atom. The molecule has 3 aromatic carbocycles. The van der Waals surface area contributed by atoms with Crippen molar-refractivity contribution in [3.63, 3.8) is 0 Å². The van der Waals surface area contributed by atoms with E-state index in [1.54, 1.807) is 18.2 Å². The molecule has 1 fully saturated rings. The summed E-state index contributed by atoms with van der Waals surface area (Å²) in [5, 5.41) is 15.0. The molecule has 0 spiro atoms. The van der Waals surface area contributed by atoms with Gasteiger partial charge in [-0.25, -0.2) is 4.39 Å². The molecule has 1 aliphatic carbocycles. The van der Waals surface area contributed by atoms with Crippen LogP contribution in [-0.2, 0) is 4.79 Å². The first kappa shape index (κ1) is 26.8. The van der Waals surface area contributed by atoms with Gasteiger partial charge in [0.1, 0.15) is 16.2 Å². The highest BCUT2D eigenvalue weighted by molar-refractivity contribution is 6.54. The molecule has 36 heavy (non-hydrogen) atoms. The summed E-state index contributed by atoms with van der Waals surface area (Å²) in [6.45, 7) is 0. The summed E-state index contributed by atoms with van der Waals surface area (Å²) in [7, 11) is 0. The van der Waals surface area contributed by atoms with Crippen LogP contribution in [0, 0.1) is 23.1 Å². The Morgan fingerprint density at radius 1 is 0.917 bits per heavy atom. The summed E-state index contributed by atoms with van der Waals surface area (Å²) >= 11 is 37.2. The molecular weight excluding hydrogens is 594 g/mol. The number of anilines is 2. The van der Waals surface area contributed by atoms with Gasteiger partial charge in [-0.15, -0.1) is 23.2 Å². The summed E-state index contributed by atoms with van der Waals surface area (Å²) in [6, 6.07) is 12.5. The zero-order valence-electron chi connectivity index (χ0n) is 17.7. The quantitative estimate of drug-likeness (QED) is 0.228. The van der Waals surface area contributed by atoms with Crippen molar-refractivity contribution in [2.75, 3.05) is 10.6 Å². The van der Waals surface area contributed by atoms with Crippen molar-refractivity contribution in [2.45, 2.75) is 10.3 Å². The Labute approximate surface area is 235 Å². The Bertz CT molecular complexity index is 1430. The molecule has 2 amide bonds. The summed E-state index contributed by atoms with van der Waals surface area (Å²) in [4.78, 5) is 25.8. The first-order valence-corrected chi connectivity index (χ1v) is 12.3. The molecule has 0 radical (unpaired) electrons. The van der Waals surface area contributed by atoms with Crippen LogP contribution < -0.4 is 10.6 Å². The molecule has 0 bridgehead atoms. The predicted octanol–water partition coefficient (Wildman–Crippen LogP) is 8.09. The average Bonchev–Trinajstić information content (AvgIpc) is 3.41. The average molecular weight is 606 g/mol. The zero-order valence-corrected chi connectivity index (χ0v) is 22.2. The lowest BCUT2D eigenvalue weighted by Gasteiger charge is -2.11. The fourth-order valence-electron chi connectivity index (χ4n) is 3.73. The number of rotatable bonds is 5. The fourth-order valence-corrected chi connectivity index (χ4v) is 5.37. The maximum atomic E-state index is 13.4. The molecule has 5 nitrogen and oxygen atoms in total. The number of nitrogens with one attached hydrogen (secondary N) is 2. The second kappa shape index (κ2) is 10.3. The van der Waals surface area contributed by atoms with E-state index in [9.17, 15) is 19.2 Å². The van der Waals surface area contributed by atoms with Gasteiger partial charge in [0.25, 0.3) is 5.91 Å². The summed E-state index contributed by atoms with van der Waals surface area (Å²) in [5.41, 5.74) is 0.838. The largest absolute Gasteiger partial charge is 0.326 e. The number of carbonyl (C=O) groups excluding carboxylic acids is 2. The van der Waals surface area contributed by atoms with Crippen LogP contribution in [0.1, 0.15) is 27.4 Å². The maximum absolute atomic E-state index is 13.4. The predicted molar refractivity (Wildman–Crippen MR) is 141 cm³/mol. The number of nitrogens with zero attached hydrogens (tertiary/aromatic N) is 1. The summed E-state index contributed by atoms with van der Waals surface area (Å²) < 4.78 is 12.0. The lowest BCUT2D eigenvalue weighted by atomic mass is 10.1. The van der Waals surface area contributed by atoms with E-state index in [1.807, 2.05) is 0 Å². The lowest BCUT2D eigenvalue weighted by Crippen LogP contribution is -2.18. The molecular formula is C24H12Cl6FN3O2. The van der Waals surface area contributed by atoms with Gasteiger partial charge in [0, 0.05) is 11.6 Å². The molecule has 1 aliphatic rings. The van der Waals surface area contributed by atoms with E-state index in [2.05, 4.69) is 10.6 Å². The first-order chi connectivity index (χ1) is 16.9. The van der Waals surface area contributed by atoms with E-state index in [0.717, 1.165) is 12.1 Å². The number of alkyl halides is 2. The molecule has 3 aromatic rings. The van der Waals surface area contributed by atoms with Gasteiger partial charge in [0.2, 0.25) is 5.91 Å². The van der Waals surface area contributed by atoms with Crippen molar-refractivity contribution < 1.29 is 14.0 Å². The third-order valence-electron chi connectivity index (χ3n) is 5.53. The van der Waals surface area contributed by atoms with E-state index in [1.165, 1.54) is 24.3 Å². The third-order valence-corrected chi connectivity index (χ3v) is 8.00. The van der Waals surface area contributed by atoms with Crippen LogP contribution in [-0.4, -0.2) is 16.1 Å². The molecule has 0 saturated heterocycles. The Hall–Kier alpha value is -2.24. The van der Waals surface area contributed by atoms with Crippen molar-refractivity contribution in [3.8, 4) is 6.07 Å². The molecule has 4 rings (SSSR count). The van der Waals surface area contributed by atoms with Crippen LogP contribution in [0.2, 0.25) is 20.1 Å². The third kappa shape index (κ3) is 5.24. The molecule has 184 valence electrons. The highest BCUT2D eigenvalue weighted by Crippen LogP contribution is 2.65. The van der Waals surface area contributed by atoms with Crippen molar-refractivity contribution >= 4 is 92.8 Å². The number of amides is 2. The van der Waals surface area contributed by atoms with Crippen LogP contribution in [0.25, 0.3) is 0 Å². The topological polar surface area (TPSA) is 82.0 Å². The van der Waals surface area contributed by atoms with Crippen LogP contribution in [0.4, 0.5) is 15.8 Å². The molecule has 2 N–H and O–H groups in total. The highest BCUT2D eigenvalue weighted by atomic mass is 35.5. The van der Waals surface area contributed by atoms with E-state index in [-0.39, 0.29) is 42.6 Å². The number of nitriles is 1. The fraction of sp³-hybridized carbons (Fsp3) is 0.125. The minimum absolute atomic E-state index is 0.00861. The molecule has 0 aliphatic heterocycles. The summed E-state index contributed by atoms with van der Waals surface area (Å²) in [6.07, 6.45) is 0. The normalized spacial score (nSPS) is 17.7. The van der Waals surface area contributed by atoms with E-state index in [0.29, 0.717) is 5.56 Å². The van der Waals surface area contributed by atoms with Crippen molar-refractivity contribution in [2.24, 2.45) is 5.92 Å². The maximum Gasteiger partial charge on any atom is 0.257 e. The second-order valence-corrected chi connectivity index (χ2v) is 10.9. The number of carbonyl (C=O) groups is 2. The Balaban J connectivity index is 1.53. The minimum Gasteiger partial charge on any atom is -0.326 e. The minimum atomic E-state index is -1.42. The van der Waals surface area contributed by atoms with Crippen LogP contribution in [0.3, 0.4) is 0 Å². The number of hydrogen-bond donors (Lipinski definition) is 2. The lowest BCUT2D eigenvalue weighted by molar-refractivity contribution is -0.117. The number of benzene rings is 3. The Morgan fingerprint density at radius 2 is 1.58 bits per heavy atom. The van der Waals surface area contributed by atoms with Gasteiger partial charge in [0.15, 0.2) is 0 Å². The van der Waals surface area contributed by atoms with Gasteiger partial charge in [0.05, 0.1) is 42.8 Å². The second-order valence-electron chi connectivity index (χ2n) is 7.87. The van der Waals surface area contributed by atoms with Crippen LogP contribution in [0.15, 0.2) is 48.5 Å². The number of hydrogen-bond acceptors (Lipinski definition) is 3. The smallest absolute Gasteiger partial charge is 0.257 e. The van der Waals surface area contributed by atoms with Gasteiger partial charge in [-0.2, -0.15) is 5.26 Å². The molecule has 1 saturated carbocycles. The molecule has 12 heteroatoms. The van der Waals surface area contributed by atoms with Gasteiger partial charge in [-0.05, 0) is 54.1 Å². The zero-order chi connectivity index (χ0) is 26.4. The summed E-state index contributed by atoms with van der Waals surface area (Å²) in [5.74, 6) is -3.25. The van der Waals surface area contributed by atoms with Gasteiger partial charge < -0.3 is 10.6 Å². The number of halogens is 7. The standard InChI is InChI=1S/C24H12Cl6FN3O2/c25-15-3-2-13(8-14(15)22(35)34-18-4-1-12(31)5-11(18)9-32)33-23(36)20-19(24(20,29)30)10-6-16(26)21(28)17(27)7-10/h1-8,19-20H,(H,33,36)(H,34,35)/t19-,20+/m1/s1. The SMILES string of the molecule is N#Cc1cc(F)ccc1NC(=O)c1cc(NC(=O)[C@@H]2[C@@H](c3cc(Cl)c(Cl)c(Cl)c3)C2(Cl)Cl)ccc1Cl. The van der Waals surface area contributed by atoms with E-state index >= 15 is 0 Å². The van der Waals surface area contributed by atoms with Crippen LogP contribution >= 0.6 is 69.6 Å². The van der Waals surface area contributed by atoms with E-state index in [4.69, 9.17) is 69.6 Å². The highest BCUT2D eigenvalue weighted by Gasteiger charge is 2.67. The molecule has 0 unspecified atom stereocenters. The first-order valence-electron chi connectivity index (χ1n) is 10.1. The van der Waals surface area contributed by atoms with E-state index < -0.39 is 33.8 Å². The van der Waals surface area contributed by atoms with Crippen molar-refractivity contribution in [3.05, 3.63) is 91.1 Å².